The number of aromatic nitrogens is 1. The molecular weight excluding hydrogens is 328 g/mol. The van der Waals surface area contributed by atoms with Gasteiger partial charge in [-0.05, 0) is 25.0 Å². The van der Waals surface area contributed by atoms with Gasteiger partial charge in [-0.3, -0.25) is 4.79 Å². The second-order valence-electron chi connectivity index (χ2n) is 6.25. The Morgan fingerprint density at radius 3 is 2.83 bits per heavy atom. The number of anilines is 1. The van der Waals surface area contributed by atoms with Crippen molar-refractivity contribution in [3.63, 3.8) is 0 Å². The van der Waals surface area contributed by atoms with Crippen LogP contribution in [0.4, 0.5) is 5.82 Å². The molecule has 1 aromatic heterocycles. The minimum Gasteiger partial charge on any atom is -0.354 e. The fraction of sp³-hybridized carbons (Fsp3) is 0.562. The zero-order valence-corrected chi connectivity index (χ0v) is 14.2. The Hall–Kier alpha value is -2.14. The number of carbonyl (C=O) groups is 1. The van der Waals surface area contributed by atoms with E-state index >= 15 is 0 Å². The van der Waals surface area contributed by atoms with Crippen LogP contribution in [-0.2, 0) is 14.6 Å². The molecule has 24 heavy (non-hydrogen) atoms. The lowest BCUT2D eigenvalue weighted by Crippen LogP contribution is -2.39. The fourth-order valence-corrected chi connectivity index (χ4v) is 5.07. The highest BCUT2D eigenvalue weighted by Crippen LogP contribution is 2.23. The van der Waals surface area contributed by atoms with Crippen LogP contribution in [0.25, 0.3) is 0 Å². The molecule has 7 nitrogen and oxygen atoms in total. The molecule has 8 heteroatoms. The molecule has 2 saturated heterocycles. The maximum atomic E-state index is 12.6. The van der Waals surface area contributed by atoms with E-state index in [4.69, 9.17) is 0 Å². The van der Waals surface area contributed by atoms with Gasteiger partial charge < -0.3 is 9.80 Å². The van der Waals surface area contributed by atoms with Crippen LogP contribution >= 0.6 is 0 Å². The van der Waals surface area contributed by atoms with E-state index in [-0.39, 0.29) is 17.4 Å². The summed E-state index contributed by atoms with van der Waals surface area (Å²) < 4.78 is 23.2. The van der Waals surface area contributed by atoms with Crippen molar-refractivity contribution in [3.8, 4) is 6.07 Å². The number of amides is 1. The van der Waals surface area contributed by atoms with Gasteiger partial charge in [-0.1, -0.05) is 0 Å². The third-order valence-electron chi connectivity index (χ3n) is 4.60. The van der Waals surface area contributed by atoms with Crippen LogP contribution in [0.3, 0.4) is 0 Å². The molecule has 128 valence electrons. The largest absolute Gasteiger partial charge is 0.354 e. The van der Waals surface area contributed by atoms with Crippen LogP contribution in [0.2, 0.25) is 0 Å². The lowest BCUT2D eigenvalue weighted by molar-refractivity contribution is -0.134. The van der Waals surface area contributed by atoms with Crippen molar-refractivity contribution in [1.82, 2.24) is 9.88 Å². The summed E-state index contributed by atoms with van der Waals surface area (Å²) in [6.07, 6.45) is 2.86. The first-order valence-electron chi connectivity index (χ1n) is 8.09. The SMILES string of the molecule is N#Cc1cccnc1N1CCCN(C(=O)[C@H]2CCS(=O)(=O)C2)CC1. The van der Waals surface area contributed by atoms with Gasteiger partial charge in [0.1, 0.15) is 11.9 Å². The zero-order chi connectivity index (χ0) is 17.2. The average Bonchev–Trinajstić information content (AvgIpc) is 2.80. The first kappa shape index (κ1) is 16.7. The minimum atomic E-state index is -3.05. The second-order valence-corrected chi connectivity index (χ2v) is 8.48. The van der Waals surface area contributed by atoms with Gasteiger partial charge in [0.15, 0.2) is 9.84 Å². The first-order valence-corrected chi connectivity index (χ1v) is 9.91. The van der Waals surface area contributed by atoms with Gasteiger partial charge in [0.2, 0.25) is 5.91 Å². The van der Waals surface area contributed by atoms with E-state index < -0.39 is 15.8 Å². The normalized spacial score (nSPS) is 23.5. The van der Waals surface area contributed by atoms with E-state index in [2.05, 4.69) is 11.1 Å². The fourth-order valence-electron chi connectivity index (χ4n) is 3.33. The van der Waals surface area contributed by atoms with Crippen molar-refractivity contribution in [1.29, 1.82) is 5.26 Å². The molecule has 0 saturated carbocycles. The van der Waals surface area contributed by atoms with Gasteiger partial charge in [0.05, 0.1) is 23.0 Å². The van der Waals surface area contributed by atoms with Crippen LogP contribution in [0.1, 0.15) is 18.4 Å². The molecule has 3 rings (SSSR count). The summed E-state index contributed by atoms with van der Waals surface area (Å²) in [6.45, 7) is 2.45. The smallest absolute Gasteiger partial charge is 0.226 e. The summed E-state index contributed by atoms with van der Waals surface area (Å²) in [4.78, 5) is 20.7. The van der Waals surface area contributed by atoms with Crippen LogP contribution in [0.5, 0.6) is 0 Å². The summed E-state index contributed by atoms with van der Waals surface area (Å²) in [5.74, 6) is 0.288. The van der Waals surface area contributed by atoms with Crippen LogP contribution in [-0.4, -0.2) is 61.9 Å². The summed E-state index contributed by atoms with van der Waals surface area (Å²) >= 11 is 0. The molecule has 0 radical (unpaired) electrons. The number of hydrogen-bond acceptors (Lipinski definition) is 6. The maximum Gasteiger partial charge on any atom is 0.226 e. The van der Waals surface area contributed by atoms with Gasteiger partial charge in [0.25, 0.3) is 0 Å². The molecule has 0 N–H and O–H groups in total. The number of nitriles is 1. The van der Waals surface area contributed by atoms with E-state index in [1.807, 2.05) is 4.90 Å². The van der Waals surface area contributed by atoms with Crippen molar-refractivity contribution in [2.24, 2.45) is 5.92 Å². The molecule has 0 aliphatic carbocycles. The molecule has 0 aromatic carbocycles. The Morgan fingerprint density at radius 1 is 1.29 bits per heavy atom. The molecule has 2 fully saturated rings. The van der Waals surface area contributed by atoms with Gasteiger partial charge >= 0.3 is 0 Å². The third kappa shape index (κ3) is 3.51. The minimum absolute atomic E-state index is 0.0229. The highest BCUT2D eigenvalue weighted by atomic mass is 32.2. The second kappa shape index (κ2) is 6.77. The van der Waals surface area contributed by atoms with Crippen LogP contribution in [0, 0.1) is 17.2 Å². The van der Waals surface area contributed by atoms with Crippen LogP contribution < -0.4 is 4.90 Å². The highest BCUT2D eigenvalue weighted by Gasteiger charge is 2.35. The molecule has 0 spiro atoms. The Labute approximate surface area is 141 Å². The summed E-state index contributed by atoms with van der Waals surface area (Å²) in [5, 5.41) is 9.21. The first-order chi connectivity index (χ1) is 11.5. The number of nitrogens with zero attached hydrogens (tertiary/aromatic N) is 4. The topological polar surface area (TPSA) is 94.4 Å². The molecule has 1 aromatic rings. The monoisotopic (exact) mass is 348 g/mol. The van der Waals surface area contributed by atoms with E-state index in [1.165, 1.54) is 0 Å². The predicted octanol–water partition coefficient (Wildman–Crippen LogP) is 0.427. The molecule has 1 amide bonds. The highest BCUT2D eigenvalue weighted by molar-refractivity contribution is 7.91. The number of pyridine rings is 1. The maximum absolute atomic E-state index is 12.6. The summed E-state index contributed by atoms with van der Waals surface area (Å²) in [7, 11) is -3.05. The van der Waals surface area contributed by atoms with Crippen molar-refractivity contribution >= 4 is 21.6 Å². The van der Waals surface area contributed by atoms with Crippen LogP contribution in [0.15, 0.2) is 18.3 Å². The molecular formula is C16H20N4O3S. The van der Waals surface area contributed by atoms with E-state index in [0.717, 1.165) is 13.0 Å². The van der Waals surface area contributed by atoms with Crippen molar-refractivity contribution < 1.29 is 13.2 Å². The molecule has 3 heterocycles. The quantitative estimate of drug-likeness (QED) is 0.769. The molecule has 1 atom stereocenters. The Morgan fingerprint density at radius 2 is 2.12 bits per heavy atom. The predicted molar refractivity (Wildman–Crippen MR) is 89.1 cm³/mol. The van der Waals surface area contributed by atoms with Gasteiger partial charge in [-0.2, -0.15) is 5.26 Å². The van der Waals surface area contributed by atoms with Gasteiger partial charge in [-0.25, -0.2) is 13.4 Å². The third-order valence-corrected chi connectivity index (χ3v) is 6.36. The summed E-state index contributed by atoms with van der Waals surface area (Å²) in [5.41, 5.74) is 0.527. The van der Waals surface area contributed by atoms with Crippen molar-refractivity contribution in [2.45, 2.75) is 12.8 Å². The Kier molecular flexibility index (Phi) is 4.71. The lowest BCUT2D eigenvalue weighted by Gasteiger charge is -2.24. The Balaban J connectivity index is 1.67. The zero-order valence-electron chi connectivity index (χ0n) is 13.4. The van der Waals surface area contributed by atoms with Crippen molar-refractivity contribution in [2.75, 3.05) is 42.6 Å². The summed E-state index contributed by atoms with van der Waals surface area (Å²) in [6, 6.07) is 5.62. The average molecular weight is 348 g/mol. The Bertz CT molecular complexity index is 772. The van der Waals surface area contributed by atoms with E-state index in [1.54, 1.807) is 23.2 Å². The van der Waals surface area contributed by atoms with E-state index in [0.29, 0.717) is 37.4 Å². The lowest BCUT2D eigenvalue weighted by atomic mass is 10.1. The number of sulfone groups is 1. The standard InChI is InChI=1S/C16H20N4O3S/c17-11-13-3-1-5-18-15(13)19-6-2-7-20(9-8-19)16(21)14-4-10-24(22,23)12-14/h1,3,5,14H,2,4,6-10,12H2/t14-/m0/s1. The molecule has 2 aliphatic rings. The molecule has 2 aliphatic heterocycles. The number of hydrogen-bond donors (Lipinski definition) is 0. The van der Waals surface area contributed by atoms with Gasteiger partial charge in [-0.15, -0.1) is 0 Å². The van der Waals surface area contributed by atoms with Crippen molar-refractivity contribution in [3.05, 3.63) is 23.9 Å². The van der Waals surface area contributed by atoms with E-state index in [9.17, 15) is 18.5 Å². The molecule has 0 bridgehead atoms. The molecule has 0 unspecified atom stereocenters. The van der Waals surface area contributed by atoms with Gasteiger partial charge in [0, 0.05) is 32.4 Å². The number of rotatable bonds is 2. The number of carbonyl (C=O) groups excluding carboxylic acids is 1.